The lowest BCUT2D eigenvalue weighted by Crippen LogP contribution is -2.08. The minimum atomic E-state index is -4.84. The van der Waals surface area contributed by atoms with Gasteiger partial charge in [-0.3, -0.25) is 20.2 Å². The smallest absolute Gasteiger partial charge is 0.399 e. The Hall–Kier alpha value is -4.09. The van der Waals surface area contributed by atoms with E-state index >= 15 is 0 Å². The Bertz CT molecular complexity index is 1750. The molecule has 0 aliphatic heterocycles. The number of anilines is 1. The molecule has 0 unspecified atom stereocenters. The minimum absolute atomic E-state index is 0. The molecular weight excluding hydrogens is 850 g/mol. The van der Waals surface area contributed by atoms with Gasteiger partial charge in [0.1, 0.15) is 16.1 Å². The van der Waals surface area contributed by atoms with Gasteiger partial charge in [0.15, 0.2) is 0 Å². The average molecular weight is 866 g/mol. The third-order valence-electron chi connectivity index (χ3n) is 5.22. The zero-order valence-corrected chi connectivity index (χ0v) is 26.6. The van der Waals surface area contributed by atoms with Crippen LogP contribution >= 0.6 is 39.9 Å². The van der Waals surface area contributed by atoms with E-state index in [-0.39, 0.29) is 47.9 Å². The number of halogens is 13. The van der Waals surface area contributed by atoms with E-state index in [9.17, 15) is 68.5 Å². The summed E-state index contributed by atoms with van der Waals surface area (Å²) in [7, 11) is 0. The second-order valence-corrected chi connectivity index (χ2v) is 9.52. The highest BCUT2D eigenvalue weighted by Gasteiger charge is 2.37. The van der Waals surface area contributed by atoms with E-state index < -0.39 is 72.5 Å². The highest BCUT2D eigenvalue weighted by molar-refractivity contribution is 14.0. The summed E-state index contributed by atoms with van der Waals surface area (Å²) in [5, 5.41) is 20.4. The average Bonchev–Trinajstić information content (AvgIpc) is 3.34. The maximum atomic E-state index is 12.7. The van der Waals surface area contributed by atoms with Crippen molar-refractivity contribution in [3.8, 4) is 5.69 Å². The van der Waals surface area contributed by atoms with Crippen LogP contribution in [0.3, 0.4) is 0 Å². The van der Waals surface area contributed by atoms with Crippen molar-refractivity contribution >= 4 is 57.0 Å². The van der Waals surface area contributed by atoms with Gasteiger partial charge in [0.2, 0.25) is 0 Å². The summed E-state index contributed by atoms with van der Waals surface area (Å²) in [5.41, 5.74) is 1.19. The molecule has 0 bridgehead atoms. The molecule has 0 radical (unpaired) electrons. The summed E-state index contributed by atoms with van der Waals surface area (Å²) in [6, 6.07) is 4.93. The van der Waals surface area contributed by atoms with Gasteiger partial charge in [-0.05, 0) is 53.2 Å². The normalized spacial score (nSPS) is 11.3. The maximum absolute atomic E-state index is 12.7. The van der Waals surface area contributed by atoms with Crippen molar-refractivity contribution in [2.24, 2.45) is 0 Å². The van der Waals surface area contributed by atoms with Gasteiger partial charge in [0.25, 0.3) is 11.4 Å². The number of non-ortho nitro benzene ring substituents is 1. The second-order valence-electron chi connectivity index (χ2n) is 8.73. The highest BCUT2D eigenvalue weighted by Crippen LogP contribution is 2.40. The van der Waals surface area contributed by atoms with Crippen LogP contribution in [-0.2, 0) is 18.5 Å². The molecule has 256 valence electrons. The quantitative estimate of drug-likeness (QED) is 0.0718. The maximum Gasteiger partial charge on any atom is 0.417 e. The number of nitro benzene ring substituents is 2. The van der Waals surface area contributed by atoms with Crippen molar-refractivity contribution in [1.29, 1.82) is 0 Å². The summed E-state index contributed by atoms with van der Waals surface area (Å²) in [6.45, 7) is 1.76. The summed E-state index contributed by atoms with van der Waals surface area (Å²) in [5.74, 6) is -2.59. The topological polar surface area (TPSA) is 130 Å². The summed E-state index contributed by atoms with van der Waals surface area (Å²) < 4.78 is 137. The number of aromatic nitrogens is 2. The number of alkyl halides is 9. The fourth-order valence-corrected chi connectivity index (χ4v) is 3.87. The van der Waals surface area contributed by atoms with Crippen molar-refractivity contribution in [2.75, 3.05) is 5.73 Å². The van der Waals surface area contributed by atoms with Crippen LogP contribution in [0.4, 0.5) is 65.4 Å². The number of rotatable bonds is 3. The van der Waals surface area contributed by atoms with Gasteiger partial charge in [-0.2, -0.15) is 39.5 Å². The van der Waals surface area contributed by atoms with Crippen LogP contribution in [0.2, 0.25) is 0 Å². The van der Waals surface area contributed by atoms with E-state index in [4.69, 9.17) is 5.73 Å². The van der Waals surface area contributed by atoms with Crippen LogP contribution in [0.1, 0.15) is 22.4 Å². The number of nitro groups is 2. The van der Waals surface area contributed by atoms with E-state index in [1.165, 1.54) is 17.0 Å². The highest BCUT2D eigenvalue weighted by atomic mass is 127. The minimum Gasteiger partial charge on any atom is -0.399 e. The molecule has 9 nitrogen and oxygen atoms in total. The number of aryl methyl sites for hydroxylation is 1. The number of nitrogens with two attached hydrogens (primary N) is 1. The number of nitrogens with zero attached hydrogens (tertiary/aromatic N) is 4. The molecule has 4 rings (SSSR count). The van der Waals surface area contributed by atoms with Gasteiger partial charge in [0, 0.05) is 23.6 Å². The van der Waals surface area contributed by atoms with Crippen LogP contribution in [0.25, 0.3) is 5.69 Å². The first-order valence-electron chi connectivity index (χ1n) is 11.6. The van der Waals surface area contributed by atoms with Gasteiger partial charge in [-0.25, -0.2) is 13.8 Å². The van der Waals surface area contributed by atoms with Crippen molar-refractivity contribution in [1.82, 2.24) is 9.55 Å². The fraction of sp³-hybridized carbons (Fsp3) is 0.160. The van der Waals surface area contributed by atoms with E-state index in [1.54, 1.807) is 13.1 Å². The monoisotopic (exact) mass is 865 g/mol. The van der Waals surface area contributed by atoms with Crippen molar-refractivity contribution in [2.45, 2.75) is 25.5 Å². The molecule has 2 N–H and O–H groups in total. The molecule has 0 spiro atoms. The lowest BCUT2D eigenvalue weighted by molar-refractivity contribution is -0.386. The van der Waals surface area contributed by atoms with Crippen molar-refractivity contribution in [3.63, 3.8) is 0 Å². The van der Waals surface area contributed by atoms with Crippen molar-refractivity contribution in [3.05, 3.63) is 120 Å². The van der Waals surface area contributed by atoms with Gasteiger partial charge >= 0.3 is 18.5 Å². The Morgan fingerprint density at radius 2 is 1.30 bits per heavy atom. The molecule has 0 saturated heterocycles. The summed E-state index contributed by atoms with van der Waals surface area (Å²) in [4.78, 5) is 22.2. The second kappa shape index (κ2) is 15.7. The molecular formula is C25H16BrF11IN5O4. The standard InChI is InChI=1S/C11H10F3N3.C7H2BrF4NO2.C7H3F4NO2.HI/c1-7-5-17(6-16-7)10-3-8(11(12,13)14)2-9(15)4-10;8-6-4(7(10,11)12)1-3(9)2-5(6)13(14)15;8-5-1-4(7(9,10)11)2-6(3-5)12(13)14;/h2-6H,15H2,1H3;1-2H;1-3H;1H. The molecule has 0 aliphatic carbocycles. The molecule has 0 atom stereocenters. The first-order chi connectivity index (χ1) is 20.9. The van der Waals surface area contributed by atoms with Gasteiger partial charge in [-0.1, -0.05) is 0 Å². The molecule has 0 saturated carbocycles. The molecule has 4 aromatic rings. The summed E-state index contributed by atoms with van der Waals surface area (Å²) >= 11 is 2.42. The van der Waals surface area contributed by atoms with Crippen LogP contribution in [0.5, 0.6) is 0 Å². The molecule has 3 aromatic carbocycles. The third kappa shape index (κ3) is 11.9. The van der Waals surface area contributed by atoms with Crippen molar-refractivity contribution < 1.29 is 58.1 Å². The first kappa shape index (κ1) is 40.9. The number of benzene rings is 3. The van der Waals surface area contributed by atoms with Crippen LogP contribution < -0.4 is 5.73 Å². The lowest BCUT2D eigenvalue weighted by atomic mass is 10.1. The number of imidazole rings is 1. The van der Waals surface area contributed by atoms with Crippen LogP contribution in [0.15, 0.2) is 65.5 Å². The fourth-order valence-electron chi connectivity index (χ4n) is 3.27. The number of hydrogen-bond acceptors (Lipinski definition) is 6. The SMILES string of the molecule is Cc1cn(-c2cc(N)cc(C(F)(F)F)c2)cn1.I.O=[N+]([O-])c1cc(F)cc(C(F)(F)F)c1.O=[N+]([O-])c1cc(F)cc(C(F)(F)F)c1Br. The molecule has 0 fully saturated rings. The molecule has 0 amide bonds. The predicted octanol–water partition coefficient (Wildman–Crippen LogP) is 9.67. The Labute approximate surface area is 280 Å². The molecule has 0 aliphatic rings. The Kier molecular flexibility index (Phi) is 13.6. The first-order valence-corrected chi connectivity index (χ1v) is 12.4. The zero-order chi connectivity index (χ0) is 35.4. The summed E-state index contributed by atoms with van der Waals surface area (Å²) in [6.07, 6.45) is -10.9. The molecule has 22 heteroatoms. The molecule has 1 aromatic heterocycles. The van der Waals surface area contributed by atoms with E-state index in [0.717, 1.165) is 17.8 Å². The Balaban J connectivity index is 0.000000351. The van der Waals surface area contributed by atoms with E-state index in [2.05, 4.69) is 20.9 Å². The van der Waals surface area contributed by atoms with Gasteiger partial charge < -0.3 is 10.3 Å². The largest absolute Gasteiger partial charge is 0.417 e. The van der Waals surface area contributed by atoms with Crippen LogP contribution in [-0.4, -0.2) is 19.4 Å². The lowest BCUT2D eigenvalue weighted by Gasteiger charge is -2.10. The number of nitrogen functional groups attached to an aromatic ring is 1. The molecule has 1 heterocycles. The van der Waals surface area contributed by atoms with Gasteiger partial charge in [0.05, 0.1) is 50.7 Å². The van der Waals surface area contributed by atoms with Gasteiger partial charge in [-0.15, -0.1) is 24.0 Å². The van der Waals surface area contributed by atoms with Crippen LogP contribution in [0, 0.1) is 38.8 Å². The Morgan fingerprint density at radius 3 is 1.74 bits per heavy atom. The van der Waals surface area contributed by atoms with E-state index in [0.29, 0.717) is 17.8 Å². The third-order valence-corrected chi connectivity index (χ3v) is 6.05. The zero-order valence-electron chi connectivity index (χ0n) is 22.7. The van der Waals surface area contributed by atoms with E-state index in [1.807, 2.05) is 0 Å². The Morgan fingerprint density at radius 1 is 0.766 bits per heavy atom. The molecule has 47 heavy (non-hydrogen) atoms. The predicted molar refractivity (Wildman–Crippen MR) is 157 cm³/mol. The number of hydrogen-bond donors (Lipinski definition) is 1.